The summed E-state index contributed by atoms with van der Waals surface area (Å²) in [6, 6.07) is 4.07. The molecule has 3 rings (SSSR count). The van der Waals surface area contributed by atoms with Gasteiger partial charge in [-0.05, 0) is 30.5 Å². The van der Waals surface area contributed by atoms with Gasteiger partial charge in [0, 0.05) is 25.8 Å². The third-order valence-electron chi connectivity index (χ3n) is 4.68. The number of hydrogen-bond donors (Lipinski definition) is 1. The zero-order chi connectivity index (χ0) is 18.7. The van der Waals surface area contributed by atoms with Crippen LogP contribution in [-0.4, -0.2) is 47.3 Å². The molecule has 1 saturated heterocycles. The summed E-state index contributed by atoms with van der Waals surface area (Å²) >= 11 is 0. The van der Waals surface area contributed by atoms with Crippen molar-refractivity contribution in [1.29, 1.82) is 0 Å². The van der Waals surface area contributed by atoms with E-state index in [4.69, 9.17) is 9.47 Å². The molecule has 0 aliphatic carbocycles. The summed E-state index contributed by atoms with van der Waals surface area (Å²) in [5.41, 5.74) is 0.107. The second-order valence-corrected chi connectivity index (χ2v) is 6.34. The summed E-state index contributed by atoms with van der Waals surface area (Å²) in [5, 5.41) is 11.0. The van der Waals surface area contributed by atoms with Crippen LogP contribution in [0.4, 0.5) is 8.78 Å². The van der Waals surface area contributed by atoms with Crippen molar-refractivity contribution in [2.45, 2.75) is 25.0 Å². The topological polar surface area (TPSA) is 67.7 Å². The lowest BCUT2D eigenvalue weighted by Gasteiger charge is -2.38. The quantitative estimate of drug-likeness (QED) is 0.830. The molecule has 148 valence electrons. The van der Waals surface area contributed by atoms with E-state index in [9.17, 15) is 13.9 Å². The Kier molecular flexibility index (Phi) is 6.91. The van der Waals surface area contributed by atoms with Crippen LogP contribution < -0.4 is 9.47 Å². The predicted octanol–water partition coefficient (Wildman–Crippen LogP) is 2.68. The highest BCUT2D eigenvalue weighted by molar-refractivity contribution is 5.85. The molecule has 1 N–H and O–H groups in total. The maximum absolute atomic E-state index is 13.4. The van der Waals surface area contributed by atoms with Gasteiger partial charge in [-0.25, -0.2) is 13.8 Å². The number of methoxy groups -OCH3 is 2. The second-order valence-electron chi connectivity index (χ2n) is 6.34. The third-order valence-corrected chi connectivity index (χ3v) is 4.68. The summed E-state index contributed by atoms with van der Waals surface area (Å²) in [6.07, 6.45) is 2.42. The maximum Gasteiger partial charge on any atom is 0.319 e. The Morgan fingerprint density at radius 1 is 1.15 bits per heavy atom. The lowest BCUT2D eigenvalue weighted by atomic mass is 9.85. The molecule has 0 bridgehead atoms. The van der Waals surface area contributed by atoms with Gasteiger partial charge in [0.05, 0.1) is 25.4 Å². The summed E-state index contributed by atoms with van der Waals surface area (Å²) in [4.78, 5) is 10.3. The minimum atomic E-state index is -1.11. The zero-order valence-corrected chi connectivity index (χ0v) is 15.9. The van der Waals surface area contributed by atoms with Crippen LogP contribution in [0.5, 0.6) is 11.9 Å². The molecule has 6 nitrogen and oxygen atoms in total. The Morgan fingerprint density at radius 2 is 1.85 bits per heavy atom. The number of piperidine rings is 1. The van der Waals surface area contributed by atoms with Gasteiger partial charge < -0.3 is 14.6 Å². The van der Waals surface area contributed by atoms with Gasteiger partial charge in [-0.15, -0.1) is 12.4 Å². The number of aliphatic hydroxyl groups is 1. The Labute approximate surface area is 162 Å². The number of halogens is 3. The molecule has 2 aromatic rings. The summed E-state index contributed by atoms with van der Waals surface area (Å²) in [7, 11) is 2.94. The first-order valence-corrected chi connectivity index (χ1v) is 8.29. The average Bonchev–Trinajstić information content (AvgIpc) is 2.66. The van der Waals surface area contributed by atoms with E-state index in [1.807, 2.05) is 0 Å². The number of nitrogens with zero attached hydrogens (tertiary/aromatic N) is 3. The van der Waals surface area contributed by atoms with Crippen molar-refractivity contribution in [1.82, 2.24) is 14.9 Å². The van der Waals surface area contributed by atoms with Gasteiger partial charge in [0.25, 0.3) is 0 Å². The summed E-state index contributed by atoms with van der Waals surface area (Å²) < 4.78 is 36.6. The number of rotatable bonds is 5. The normalized spacial score (nSPS) is 16.5. The van der Waals surface area contributed by atoms with E-state index in [0.29, 0.717) is 43.6 Å². The summed E-state index contributed by atoms with van der Waals surface area (Å²) in [5.74, 6) is -1.42. The van der Waals surface area contributed by atoms with Crippen LogP contribution in [0.2, 0.25) is 0 Å². The molecule has 0 unspecified atom stereocenters. The highest BCUT2D eigenvalue weighted by Crippen LogP contribution is 2.37. The van der Waals surface area contributed by atoms with Crippen molar-refractivity contribution < 1.29 is 23.4 Å². The molecule has 0 saturated carbocycles. The molecule has 1 aliphatic heterocycles. The maximum atomic E-state index is 13.4. The van der Waals surface area contributed by atoms with Crippen LogP contribution in [0.1, 0.15) is 24.0 Å². The van der Waals surface area contributed by atoms with Gasteiger partial charge in [0.15, 0.2) is 11.6 Å². The van der Waals surface area contributed by atoms with Crippen molar-refractivity contribution in [2.24, 2.45) is 0 Å². The van der Waals surface area contributed by atoms with Crippen LogP contribution in [0.15, 0.2) is 24.4 Å². The van der Waals surface area contributed by atoms with Crippen LogP contribution in [0.3, 0.4) is 0 Å². The first-order valence-electron chi connectivity index (χ1n) is 8.29. The molecule has 1 fully saturated rings. The fourth-order valence-electron chi connectivity index (χ4n) is 3.17. The van der Waals surface area contributed by atoms with Crippen molar-refractivity contribution in [3.05, 3.63) is 47.2 Å². The third kappa shape index (κ3) is 4.63. The van der Waals surface area contributed by atoms with Crippen molar-refractivity contribution in [3.63, 3.8) is 0 Å². The Hall–Kier alpha value is -2.03. The lowest BCUT2D eigenvalue weighted by molar-refractivity contribution is -0.0300. The minimum Gasteiger partial charge on any atom is -0.481 e. The lowest BCUT2D eigenvalue weighted by Crippen LogP contribution is -2.42. The van der Waals surface area contributed by atoms with Crippen LogP contribution in [-0.2, 0) is 12.1 Å². The number of hydrogen-bond acceptors (Lipinski definition) is 6. The number of benzene rings is 1. The molecule has 1 aromatic carbocycles. The molecule has 0 atom stereocenters. The number of likely N-dealkylation sites (tertiary alicyclic amines) is 1. The first kappa shape index (κ1) is 21.3. The van der Waals surface area contributed by atoms with Crippen LogP contribution in [0.25, 0.3) is 0 Å². The van der Waals surface area contributed by atoms with Gasteiger partial charge in [0.2, 0.25) is 5.88 Å². The smallest absolute Gasteiger partial charge is 0.319 e. The van der Waals surface area contributed by atoms with Gasteiger partial charge >= 0.3 is 6.01 Å². The molecule has 0 spiro atoms. The molecule has 27 heavy (non-hydrogen) atoms. The fourth-order valence-corrected chi connectivity index (χ4v) is 3.17. The fraction of sp³-hybridized carbons (Fsp3) is 0.444. The molecular weight excluding hydrogens is 380 g/mol. The zero-order valence-electron chi connectivity index (χ0n) is 15.1. The first-order chi connectivity index (χ1) is 12.4. The molecule has 1 aromatic heterocycles. The molecule has 0 radical (unpaired) electrons. The van der Waals surface area contributed by atoms with Crippen molar-refractivity contribution in [2.75, 3.05) is 27.3 Å². The Balaban J connectivity index is 0.00000261. The SMILES string of the molecule is COc1ncc(C2(O)CCN(Cc3ccc(F)c(F)c3)CC2)c(OC)n1.Cl. The molecule has 2 heterocycles. The predicted molar refractivity (Wildman–Crippen MR) is 97.1 cm³/mol. The van der Waals surface area contributed by atoms with E-state index in [1.54, 1.807) is 6.07 Å². The van der Waals surface area contributed by atoms with E-state index in [-0.39, 0.29) is 24.3 Å². The van der Waals surface area contributed by atoms with E-state index in [1.165, 1.54) is 26.5 Å². The molecular formula is C18H22ClF2N3O3. The average molecular weight is 402 g/mol. The van der Waals surface area contributed by atoms with Crippen LogP contribution >= 0.6 is 12.4 Å². The Morgan fingerprint density at radius 3 is 2.44 bits per heavy atom. The van der Waals surface area contributed by atoms with E-state index < -0.39 is 17.2 Å². The highest BCUT2D eigenvalue weighted by atomic mass is 35.5. The molecule has 0 amide bonds. The van der Waals surface area contributed by atoms with E-state index in [0.717, 1.165) is 6.07 Å². The van der Waals surface area contributed by atoms with E-state index in [2.05, 4.69) is 14.9 Å². The Bertz CT molecular complexity index is 786. The highest BCUT2D eigenvalue weighted by Gasteiger charge is 2.37. The van der Waals surface area contributed by atoms with Crippen molar-refractivity contribution >= 4 is 12.4 Å². The number of aromatic nitrogens is 2. The van der Waals surface area contributed by atoms with Gasteiger partial charge in [-0.3, -0.25) is 4.90 Å². The summed E-state index contributed by atoms with van der Waals surface area (Å²) in [6.45, 7) is 1.67. The van der Waals surface area contributed by atoms with Gasteiger partial charge in [-0.2, -0.15) is 4.98 Å². The van der Waals surface area contributed by atoms with Gasteiger partial charge in [-0.1, -0.05) is 6.07 Å². The number of ether oxygens (including phenoxy) is 2. The minimum absolute atomic E-state index is 0. The molecule has 1 aliphatic rings. The van der Waals surface area contributed by atoms with Crippen molar-refractivity contribution in [3.8, 4) is 11.9 Å². The largest absolute Gasteiger partial charge is 0.481 e. The standard InChI is InChI=1S/C18H21F2N3O3.ClH/c1-25-16-13(10-21-17(22-16)26-2)18(24)5-7-23(8-6-18)11-12-3-4-14(19)15(20)9-12;/h3-4,9-10,24H,5-8,11H2,1-2H3;1H. The monoisotopic (exact) mass is 401 g/mol. The molecule has 9 heteroatoms. The second kappa shape index (κ2) is 8.77. The van der Waals surface area contributed by atoms with Gasteiger partial charge in [0.1, 0.15) is 0 Å². The van der Waals surface area contributed by atoms with E-state index >= 15 is 0 Å². The van der Waals surface area contributed by atoms with Crippen LogP contribution in [0, 0.1) is 11.6 Å².